The summed E-state index contributed by atoms with van der Waals surface area (Å²) in [5, 5.41) is 20.3. The number of nitriles is 1. The van der Waals surface area contributed by atoms with E-state index in [1.54, 1.807) is 18.3 Å². The number of aryl methyl sites for hydroxylation is 2. The van der Waals surface area contributed by atoms with E-state index in [0.29, 0.717) is 24.7 Å². The van der Waals surface area contributed by atoms with Gasteiger partial charge in [0.1, 0.15) is 40.8 Å². The highest BCUT2D eigenvalue weighted by molar-refractivity contribution is 6.06. The number of aliphatic imine (C=N–C) groups is 1. The maximum atomic E-state index is 15.5. The van der Waals surface area contributed by atoms with Crippen LogP contribution in [0.25, 0.3) is 11.3 Å². The average Bonchev–Trinajstić information content (AvgIpc) is 3.01. The lowest BCUT2D eigenvalue weighted by molar-refractivity contribution is 0.0222. The Balaban J connectivity index is 1.70. The van der Waals surface area contributed by atoms with Crippen LogP contribution in [0.5, 0.6) is 0 Å². The zero-order chi connectivity index (χ0) is 33.2. The van der Waals surface area contributed by atoms with Crippen molar-refractivity contribution < 1.29 is 14.3 Å². The molecule has 11 heteroatoms. The van der Waals surface area contributed by atoms with Gasteiger partial charge in [0.15, 0.2) is 0 Å². The number of carbonyl (C=O) groups is 1. The van der Waals surface area contributed by atoms with E-state index >= 15 is 4.39 Å². The van der Waals surface area contributed by atoms with E-state index in [0.717, 1.165) is 35.3 Å². The molecular weight excluding hydrogens is 585 g/mol. The Kier molecular flexibility index (Phi) is 7.66. The number of aromatic nitrogens is 2. The van der Waals surface area contributed by atoms with E-state index in [9.17, 15) is 20.0 Å². The summed E-state index contributed by atoms with van der Waals surface area (Å²) < 4.78 is 15.5. The Bertz CT molecular complexity index is 1870. The molecule has 6 heterocycles. The smallest absolute Gasteiger partial charge is 0.407 e. The molecule has 3 fully saturated rings. The molecule has 0 radical (unpaired) electrons. The number of halogens is 1. The molecule has 3 aromatic rings. The molecule has 10 nitrogen and oxygen atoms in total. The average molecular weight is 626 g/mol. The van der Waals surface area contributed by atoms with E-state index in [1.807, 2.05) is 24.8 Å². The zero-order valence-corrected chi connectivity index (χ0v) is 27.3. The van der Waals surface area contributed by atoms with Gasteiger partial charge < -0.3 is 24.8 Å². The van der Waals surface area contributed by atoms with Crippen molar-refractivity contribution >= 4 is 23.4 Å². The number of rotatable bonds is 3. The highest BCUT2D eigenvalue weighted by atomic mass is 19.1. The fourth-order valence-corrected chi connectivity index (χ4v) is 7.14. The predicted octanol–water partition coefficient (Wildman–Crippen LogP) is 6.29. The molecule has 1 aromatic carbocycles. The second kappa shape index (κ2) is 11.3. The third kappa shape index (κ3) is 5.00. The minimum atomic E-state index is -0.957. The number of aromatic amines is 1. The first-order valence-corrected chi connectivity index (χ1v) is 15.8. The summed E-state index contributed by atoms with van der Waals surface area (Å²) in [6, 6.07) is 8.18. The number of nitrogens with zero attached hydrogens (tertiary/aromatic N) is 6. The van der Waals surface area contributed by atoms with Gasteiger partial charge in [0.05, 0.1) is 23.1 Å². The standard InChI is InChI=1S/C35H40FN7O3/c1-18(2)27-29(20(4)12-13-38-27)43-32-26(30(44)24(15-37)28(39-32)23-14-19(3)8-11-25(23)36)31(40-33(43)35(5,6)7)41-16-22-10-9-21(41)17-42(22)34(45)46/h8,11-14,18,21-22,33H,9-10,16-17H2,1-7H3,(H,39,44)(H,45,46). The minimum absolute atomic E-state index is 0.0305. The van der Waals surface area contributed by atoms with Crippen molar-refractivity contribution in [1.29, 1.82) is 5.26 Å². The summed E-state index contributed by atoms with van der Waals surface area (Å²) in [4.78, 5) is 45.8. The summed E-state index contributed by atoms with van der Waals surface area (Å²) in [5.41, 5.74) is 2.57. The quantitative estimate of drug-likeness (QED) is 0.350. The molecule has 1 amide bonds. The molecule has 0 spiro atoms. The Hall–Kier alpha value is -4.72. The van der Waals surface area contributed by atoms with Crippen LogP contribution in [0.4, 0.5) is 20.7 Å². The topological polar surface area (TPSA) is 129 Å². The largest absolute Gasteiger partial charge is 0.465 e. The van der Waals surface area contributed by atoms with E-state index in [-0.39, 0.29) is 40.4 Å². The molecule has 4 aliphatic rings. The molecular formula is C35H40FN7O3. The molecule has 0 aliphatic carbocycles. The highest BCUT2D eigenvalue weighted by Gasteiger charge is 2.47. The van der Waals surface area contributed by atoms with E-state index in [2.05, 4.69) is 50.6 Å². The number of hydrogen-bond donors (Lipinski definition) is 2. The molecule has 46 heavy (non-hydrogen) atoms. The van der Waals surface area contributed by atoms with Crippen LogP contribution < -0.4 is 10.3 Å². The summed E-state index contributed by atoms with van der Waals surface area (Å²) >= 11 is 0. The molecule has 2 N–H and O–H groups in total. The first-order chi connectivity index (χ1) is 21.7. The van der Waals surface area contributed by atoms with Crippen LogP contribution in [0.1, 0.15) is 81.3 Å². The van der Waals surface area contributed by atoms with Gasteiger partial charge in [-0.1, -0.05) is 46.2 Å². The highest BCUT2D eigenvalue weighted by Crippen LogP contribution is 2.45. The van der Waals surface area contributed by atoms with Crippen LogP contribution in [0.3, 0.4) is 0 Å². The molecule has 2 aromatic heterocycles. The lowest BCUT2D eigenvalue weighted by atomic mass is 9.86. The first kappa shape index (κ1) is 31.3. The summed E-state index contributed by atoms with van der Waals surface area (Å²) in [5.74, 6) is 0.332. The molecule has 7 rings (SSSR count). The lowest BCUT2D eigenvalue weighted by Crippen LogP contribution is -2.66. The SMILES string of the molecule is Cc1ccc(F)c(-c2[nH]c3c(c(=O)c2C#N)C(N2CC4CCC2CN4C(=O)O)=NC(C(C)(C)C)N3c2c(C)ccnc2C(C)C)c1. The van der Waals surface area contributed by atoms with Gasteiger partial charge in [-0.05, 0) is 56.4 Å². The third-order valence-electron chi connectivity index (χ3n) is 9.40. The van der Waals surface area contributed by atoms with Gasteiger partial charge in [-0.15, -0.1) is 0 Å². The van der Waals surface area contributed by atoms with Crippen LogP contribution >= 0.6 is 0 Å². The second-order valence-corrected chi connectivity index (χ2v) is 14.1. The molecule has 3 unspecified atom stereocenters. The van der Waals surface area contributed by atoms with Crippen molar-refractivity contribution in [2.75, 3.05) is 18.0 Å². The van der Waals surface area contributed by atoms with Crippen molar-refractivity contribution in [3.8, 4) is 17.3 Å². The number of carboxylic acid groups (broad SMARTS) is 1. The number of hydrogen-bond acceptors (Lipinski definition) is 7. The van der Waals surface area contributed by atoms with Crippen molar-refractivity contribution in [2.45, 2.75) is 85.5 Å². The monoisotopic (exact) mass is 625 g/mol. The van der Waals surface area contributed by atoms with Gasteiger partial charge in [-0.2, -0.15) is 5.26 Å². The summed E-state index contributed by atoms with van der Waals surface area (Å²) in [6.45, 7) is 14.9. The van der Waals surface area contributed by atoms with Crippen molar-refractivity contribution in [2.24, 2.45) is 10.4 Å². The normalized spacial score (nSPS) is 20.9. The number of piperazine rings is 1. The number of fused-ring (bicyclic) bond motifs is 4. The van der Waals surface area contributed by atoms with Gasteiger partial charge in [0, 0.05) is 36.3 Å². The van der Waals surface area contributed by atoms with E-state index in [1.165, 1.54) is 11.0 Å². The fourth-order valence-electron chi connectivity index (χ4n) is 7.14. The van der Waals surface area contributed by atoms with Crippen molar-refractivity contribution in [3.05, 3.63) is 74.5 Å². The molecule has 3 saturated heterocycles. The number of pyridine rings is 2. The number of nitrogens with one attached hydrogen (secondary N) is 1. The molecule has 3 atom stereocenters. The van der Waals surface area contributed by atoms with Crippen molar-refractivity contribution in [1.82, 2.24) is 19.8 Å². The maximum absolute atomic E-state index is 15.5. The van der Waals surface area contributed by atoms with Crippen LogP contribution in [0.15, 0.2) is 40.2 Å². The summed E-state index contributed by atoms with van der Waals surface area (Å²) in [7, 11) is 0. The van der Waals surface area contributed by atoms with Gasteiger partial charge in [0.2, 0.25) is 5.43 Å². The second-order valence-electron chi connectivity index (χ2n) is 14.1. The van der Waals surface area contributed by atoms with Gasteiger partial charge in [-0.3, -0.25) is 9.78 Å². The van der Waals surface area contributed by atoms with Crippen molar-refractivity contribution in [3.63, 3.8) is 0 Å². The Morgan fingerprint density at radius 3 is 2.48 bits per heavy atom. The van der Waals surface area contributed by atoms with Crippen LogP contribution in [-0.4, -0.2) is 68.1 Å². The Morgan fingerprint density at radius 2 is 1.87 bits per heavy atom. The number of benzene rings is 1. The number of piperidine rings is 2. The summed E-state index contributed by atoms with van der Waals surface area (Å²) in [6.07, 6.45) is 1.75. The lowest BCUT2D eigenvalue weighted by Gasteiger charge is -2.53. The number of amides is 1. The zero-order valence-electron chi connectivity index (χ0n) is 27.3. The number of amidine groups is 1. The maximum Gasteiger partial charge on any atom is 0.407 e. The fraction of sp³-hybridized carbons (Fsp3) is 0.457. The Labute approximate surface area is 268 Å². The number of anilines is 2. The van der Waals surface area contributed by atoms with Crippen LogP contribution in [0.2, 0.25) is 0 Å². The molecule has 240 valence electrons. The molecule has 2 bridgehead atoms. The predicted molar refractivity (Wildman–Crippen MR) is 175 cm³/mol. The van der Waals surface area contributed by atoms with Gasteiger partial charge in [0.25, 0.3) is 0 Å². The van der Waals surface area contributed by atoms with Gasteiger partial charge in [-0.25, -0.2) is 14.2 Å². The Morgan fingerprint density at radius 1 is 1.15 bits per heavy atom. The van der Waals surface area contributed by atoms with E-state index < -0.39 is 28.9 Å². The number of H-pyrrole nitrogens is 1. The van der Waals surface area contributed by atoms with Crippen LogP contribution in [-0.2, 0) is 0 Å². The minimum Gasteiger partial charge on any atom is -0.465 e. The molecule has 4 aliphatic heterocycles. The molecule has 0 saturated carbocycles. The first-order valence-electron chi connectivity index (χ1n) is 15.8. The third-order valence-corrected chi connectivity index (χ3v) is 9.40. The van der Waals surface area contributed by atoms with Gasteiger partial charge >= 0.3 is 6.09 Å². The van der Waals surface area contributed by atoms with Crippen LogP contribution in [0, 0.1) is 36.4 Å². The van der Waals surface area contributed by atoms with E-state index in [4.69, 9.17) is 9.98 Å².